The Labute approximate surface area is 108 Å². The summed E-state index contributed by atoms with van der Waals surface area (Å²) in [4.78, 5) is 11.7. The van der Waals surface area contributed by atoms with E-state index in [9.17, 15) is 4.79 Å². The second kappa shape index (κ2) is 7.79. The predicted octanol–water partition coefficient (Wildman–Crippen LogP) is 1.39. The summed E-state index contributed by atoms with van der Waals surface area (Å²) >= 11 is 0. The lowest BCUT2D eigenvalue weighted by Crippen LogP contribution is -2.52. The normalized spacial score (nSPS) is 19.3. The highest BCUT2D eigenvalue weighted by Crippen LogP contribution is 2.26. The van der Waals surface area contributed by atoms with Crippen LogP contribution in [0.2, 0.25) is 0 Å². The van der Waals surface area contributed by atoms with Gasteiger partial charge in [-0.2, -0.15) is 0 Å². The first-order valence-corrected chi connectivity index (χ1v) is 6.70. The largest absolute Gasteiger partial charge is 0.409 e. The van der Waals surface area contributed by atoms with Crippen molar-refractivity contribution in [2.24, 2.45) is 16.8 Å². The molecule has 0 radical (unpaired) electrons. The second-order valence-electron chi connectivity index (χ2n) is 4.80. The summed E-state index contributed by atoms with van der Waals surface area (Å²) in [6, 6.07) is -0.619. The highest BCUT2D eigenvalue weighted by Gasteiger charge is 2.28. The SMILES string of the molecule is CCCNC(=O)NC(/C(N)=N/O)C1CCCCC1. The van der Waals surface area contributed by atoms with E-state index in [4.69, 9.17) is 10.9 Å². The molecular weight excluding hydrogens is 232 g/mol. The molecule has 0 saturated heterocycles. The summed E-state index contributed by atoms with van der Waals surface area (Å²) < 4.78 is 0. The fraction of sp³-hybridized carbons (Fsp3) is 0.833. The van der Waals surface area contributed by atoms with Gasteiger partial charge >= 0.3 is 6.03 Å². The van der Waals surface area contributed by atoms with Crippen molar-refractivity contribution >= 4 is 11.9 Å². The summed E-state index contributed by atoms with van der Waals surface area (Å²) in [7, 11) is 0. The van der Waals surface area contributed by atoms with Crippen molar-refractivity contribution in [3.8, 4) is 0 Å². The minimum Gasteiger partial charge on any atom is -0.409 e. The van der Waals surface area contributed by atoms with Crippen LogP contribution >= 0.6 is 0 Å². The molecule has 1 aliphatic carbocycles. The number of nitrogens with one attached hydrogen (secondary N) is 2. The molecule has 18 heavy (non-hydrogen) atoms. The Hall–Kier alpha value is -1.46. The van der Waals surface area contributed by atoms with E-state index in [1.807, 2.05) is 6.92 Å². The first-order valence-electron chi connectivity index (χ1n) is 6.70. The maximum Gasteiger partial charge on any atom is 0.315 e. The monoisotopic (exact) mass is 256 g/mol. The molecule has 1 aliphatic rings. The Morgan fingerprint density at radius 1 is 1.44 bits per heavy atom. The Morgan fingerprint density at radius 2 is 2.11 bits per heavy atom. The zero-order chi connectivity index (χ0) is 13.4. The first-order chi connectivity index (χ1) is 8.69. The van der Waals surface area contributed by atoms with Crippen LogP contribution in [0.4, 0.5) is 4.79 Å². The smallest absolute Gasteiger partial charge is 0.315 e. The fourth-order valence-corrected chi connectivity index (χ4v) is 2.39. The molecule has 0 heterocycles. The van der Waals surface area contributed by atoms with Gasteiger partial charge in [-0.15, -0.1) is 0 Å². The quantitative estimate of drug-likeness (QED) is 0.259. The van der Waals surface area contributed by atoms with Crippen molar-refractivity contribution in [3.63, 3.8) is 0 Å². The third-order valence-corrected chi connectivity index (χ3v) is 3.38. The summed E-state index contributed by atoms with van der Waals surface area (Å²) in [5, 5.41) is 17.4. The highest BCUT2D eigenvalue weighted by atomic mass is 16.4. The molecule has 2 amide bonds. The van der Waals surface area contributed by atoms with E-state index in [0.717, 1.165) is 32.1 Å². The number of amidine groups is 1. The molecule has 0 aromatic heterocycles. The molecule has 104 valence electrons. The maximum atomic E-state index is 11.7. The number of nitrogens with two attached hydrogens (primary N) is 1. The van der Waals surface area contributed by atoms with Crippen LogP contribution in [-0.4, -0.2) is 29.7 Å². The lowest BCUT2D eigenvalue weighted by Gasteiger charge is -2.29. The Morgan fingerprint density at radius 3 is 2.67 bits per heavy atom. The van der Waals surface area contributed by atoms with Gasteiger partial charge in [-0.1, -0.05) is 31.3 Å². The van der Waals surface area contributed by atoms with Crippen molar-refractivity contribution in [1.29, 1.82) is 0 Å². The van der Waals surface area contributed by atoms with Crippen LogP contribution in [0, 0.1) is 5.92 Å². The van der Waals surface area contributed by atoms with Crippen LogP contribution in [0.25, 0.3) is 0 Å². The fourth-order valence-electron chi connectivity index (χ4n) is 2.39. The van der Waals surface area contributed by atoms with Crippen molar-refractivity contribution in [1.82, 2.24) is 10.6 Å². The van der Waals surface area contributed by atoms with Crippen molar-refractivity contribution in [2.45, 2.75) is 51.5 Å². The summed E-state index contributed by atoms with van der Waals surface area (Å²) in [6.45, 7) is 2.61. The Bertz CT molecular complexity index is 288. The van der Waals surface area contributed by atoms with Gasteiger partial charge in [-0.3, -0.25) is 0 Å². The number of oxime groups is 1. The molecule has 0 spiro atoms. The van der Waals surface area contributed by atoms with Gasteiger partial charge in [-0.25, -0.2) is 4.79 Å². The van der Waals surface area contributed by atoms with Gasteiger partial charge in [0.05, 0.1) is 6.04 Å². The standard InChI is InChI=1S/C12H24N4O2/c1-2-8-14-12(17)15-10(11(13)16-18)9-6-4-3-5-7-9/h9-10,18H,2-8H2,1H3,(H2,13,16)(H2,14,15,17). The zero-order valence-corrected chi connectivity index (χ0v) is 11.0. The summed E-state index contributed by atoms with van der Waals surface area (Å²) in [5.41, 5.74) is 5.68. The van der Waals surface area contributed by atoms with E-state index in [-0.39, 0.29) is 23.8 Å². The number of carbonyl (C=O) groups is 1. The summed E-state index contributed by atoms with van der Waals surface area (Å²) in [5.74, 6) is 0.357. The Balaban J connectivity index is 2.57. The average molecular weight is 256 g/mol. The topological polar surface area (TPSA) is 99.7 Å². The van der Waals surface area contributed by atoms with Gasteiger partial charge in [0.15, 0.2) is 5.84 Å². The molecule has 0 aromatic carbocycles. The molecule has 6 nitrogen and oxygen atoms in total. The summed E-state index contributed by atoms with van der Waals surface area (Å²) in [6.07, 6.45) is 6.40. The van der Waals surface area contributed by atoms with Crippen molar-refractivity contribution in [2.75, 3.05) is 6.54 Å². The van der Waals surface area contributed by atoms with E-state index in [1.54, 1.807) is 0 Å². The predicted molar refractivity (Wildman–Crippen MR) is 70.6 cm³/mol. The highest BCUT2D eigenvalue weighted by molar-refractivity contribution is 5.89. The van der Waals surface area contributed by atoms with E-state index in [1.165, 1.54) is 6.42 Å². The molecule has 1 unspecified atom stereocenters. The minimum atomic E-state index is -0.368. The van der Waals surface area contributed by atoms with Gasteiger partial charge in [-0.05, 0) is 25.2 Å². The number of hydrogen-bond acceptors (Lipinski definition) is 3. The average Bonchev–Trinajstić information content (AvgIpc) is 2.42. The van der Waals surface area contributed by atoms with E-state index in [0.29, 0.717) is 6.54 Å². The molecule has 0 bridgehead atoms. The molecule has 1 rings (SSSR count). The van der Waals surface area contributed by atoms with Gasteiger partial charge in [0.25, 0.3) is 0 Å². The van der Waals surface area contributed by atoms with Crippen LogP contribution in [0.3, 0.4) is 0 Å². The molecule has 1 atom stereocenters. The molecular formula is C12H24N4O2. The second-order valence-corrected chi connectivity index (χ2v) is 4.80. The number of urea groups is 1. The first kappa shape index (κ1) is 14.6. The van der Waals surface area contributed by atoms with Crippen LogP contribution in [0.1, 0.15) is 45.4 Å². The molecule has 0 aliphatic heterocycles. The number of rotatable bonds is 5. The van der Waals surface area contributed by atoms with Gasteiger partial charge < -0.3 is 21.6 Å². The third-order valence-electron chi connectivity index (χ3n) is 3.38. The number of nitrogens with zero attached hydrogens (tertiary/aromatic N) is 1. The molecule has 1 fully saturated rings. The van der Waals surface area contributed by atoms with Crippen LogP contribution in [0.5, 0.6) is 0 Å². The van der Waals surface area contributed by atoms with E-state index < -0.39 is 0 Å². The van der Waals surface area contributed by atoms with E-state index in [2.05, 4.69) is 15.8 Å². The third kappa shape index (κ3) is 4.43. The molecule has 6 heteroatoms. The lowest BCUT2D eigenvalue weighted by molar-refractivity contribution is 0.230. The van der Waals surface area contributed by atoms with Crippen molar-refractivity contribution in [3.05, 3.63) is 0 Å². The Kier molecular flexibility index (Phi) is 6.32. The number of hydrogen-bond donors (Lipinski definition) is 4. The van der Waals surface area contributed by atoms with E-state index >= 15 is 0 Å². The van der Waals surface area contributed by atoms with Gasteiger partial charge in [0.2, 0.25) is 0 Å². The zero-order valence-electron chi connectivity index (χ0n) is 11.0. The van der Waals surface area contributed by atoms with Crippen LogP contribution < -0.4 is 16.4 Å². The van der Waals surface area contributed by atoms with Gasteiger partial charge in [0.1, 0.15) is 0 Å². The molecule has 1 saturated carbocycles. The van der Waals surface area contributed by atoms with Crippen molar-refractivity contribution < 1.29 is 10.0 Å². The van der Waals surface area contributed by atoms with Crippen LogP contribution in [0.15, 0.2) is 5.16 Å². The maximum absolute atomic E-state index is 11.7. The minimum absolute atomic E-state index is 0.0912. The number of amides is 2. The van der Waals surface area contributed by atoms with Gasteiger partial charge in [0, 0.05) is 6.54 Å². The number of carbonyl (C=O) groups excluding carboxylic acids is 1. The van der Waals surface area contributed by atoms with Crippen LogP contribution in [-0.2, 0) is 0 Å². The molecule has 0 aromatic rings. The molecule has 5 N–H and O–H groups in total. The lowest BCUT2D eigenvalue weighted by atomic mass is 9.83.